The second-order valence-corrected chi connectivity index (χ2v) is 6.75. The van der Waals surface area contributed by atoms with E-state index in [1.165, 1.54) is 0 Å². The number of hydrogen-bond donors (Lipinski definition) is 0. The van der Waals surface area contributed by atoms with Crippen molar-refractivity contribution in [3.8, 4) is 23.9 Å². The third-order valence-corrected chi connectivity index (χ3v) is 5.52. The van der Waals surface area contributed by atoms with Gasteiger partial charge in [-0.3, -0.25) is 0 Å². The SMILES string of the molecule is C#C[Si](C#C)(OCCCC)c1ccccc1C. The fraction of sp³-hybridized carbons (Fsp3) is 0.333. The molecule has 0 heterocycles. The van der Waals surface area contributed by atoms with Crippen molar-refractivity contribution in [1.82, 2.24) is 0 Å². The molecule has 0 spiro atoms. The topological polar surface area (TPSA) is 9.23 Å². The molecule has 0 aliphatic heterocycles. The summed E-state index contributed by atoms with van der Waals surface area (Å²) < 4.78 is 5.90. The lowest BCUT2D eigenvalue weighted by Crippen LogP contribution is -2.50. The number of unbranched alkanes of at least 4 members (excludes halogenated alkanes) is 1. The highest BCUT2D eigenvalue weighted by Gasteiger charge is 2.35. The van der Waals surface area contributed by atoms with Crippen LogP contribution in [0.25, 0.3) is 0 Å². The van der Waals surface area contributed by atoms with E-state index in [1.807, 2.05) is 31.2 Å². The standard InChI is InChI=1S/C15H18OSi/c1-5-8-13-16-17(6-2,7-3)15-12-10-9-11-14(15)4/h2-3,9-12H,5,8,13H2,1,4H3. The molecule has 1 nitrogen and oxygen atoms in total. The fourth-order valence-electron chi connectivity index (χ4n) is 1.70. The lowest BCUT2D eigenvalue weighted by molar-refractivity contribution is 0.316. The first-order chi connectivity index (χ1) is 8.20. The van der Waals surface area contributed by atoms with E-state index in [4.69, 9.17) is 17.3 Å². The Morgan fingerprint density at radius 3 is 2.41 bits per heavy atom. The van der Waals surface area contributed by atoms with Gasteiger partial charge in [-0.25, -0.2) is 0 Å². The highest BCUT2D eigenvalue weighted by molar-refractivity contribution is 6.99. The zero-order chi connectivity index (χ0) is 12.7. The van der Waals surface area contributed by atoms with Gasteiger partial charge in [-0.2, -0.15) is 0 Å². The lowest BCUT2D eigenvalue weighted by Gasteiger charge is -2.22. The van der Waals surface area contributed by atoms with Gasteiger partial charge in [0.1, 0.15) is 0 Å². The molecule has 0 atom stereocenters. The van der Waals surface area contributed by atoms with E-state index in [0.29, 0.717) is 6.61 Å². The predicted molar refractivity (Wildman–Crippen MR) is 75.1 cm³/mol. The minimum absolute atomic E-state index is 0.644. The Balaban J connectivity index is 3.05. The largest absolute Gasteiger partial charge is 0.393 e. The molecule has 0 bridgehead atoms. The molecule has 0 N–H and O–H groups in total. The average molecular weight is 242 g/mol. The molecule has 1 aromatic carbocycles. The molecule has 2 heteroatoms. The van der Waals surface area contributed by atoms with Crippen molar-refractivity contribution in [2.75, 3.05) is 6.61 Å². The summed E-state index contributed by atoms with van der Waals surface area (Å²) in [6.45, 7) is 4.78. The summed E-state index contributed by atoms with van der Waals surface area (Å²) in [5, 5.41) is 1.03. The second-order valence-electron chi connectivity index (χ2n) is 3.99. The van der Waals surface area contributed by atoms with Crippen molar-refractivity contribution in [3.05, 3.63) is 29.8 Å². The summed E-state index contributed by atoms with van der Waals surface area (Å²) in [5.41, 5.74) is 6.64. The van der Waals surface area contributed by atoms with E-state index >= 15 is 0 Å². The zero-order valence-corrected chi connectivity index (χ0v) is 11.5. The van der Waals surface area contributed by atoms with Gasteiger partial charge in [-0.15, -0.1) is 12.8 Å². The van der Waals surface area contributed by atoms with Crippen LogP contribution in [0.2, 0.25) is 0 Å². The molecule has 0 fully saturated rings. The smallest absolute Gasteiger partial charge is 0.386 e. The summed E-state index contributed by atoms with van der Waals surface area (Å²) in [6, 6.07) is 7.96. The summed E-state index contributed by atoms with van der Waals surface area (Å²) in [6.07, 6.45) is 13.4. The van der Waals surface area contributed by atoms with Gasteiger partial charge in [-0.1, -0.05) is 48.7 Å². The Hall–Kier alpha value is -1.48. The zero-order valence-electron chi connectivity index (χ0n) is 10.5. The summed E-state index contributed by atoms with van der Waals surface area (Å²) in [4.78, 5) is 0. The second kappa shape index (κ2) is 6.30. The van der Waals surface area contributed by atoms with Gasteiger partial charge < -0.3 is 4.43 Å². The summed E-state index contributed by atoms with van der Waals surface area (Å²) >= 11 is 0. The van der Waals surface area contributed by atoms with Crippen molar-refractivity contribution in [2.24, 2.45) is 0 Å². The number of aryl methyl sites for hydroxylation is 1. The van der Waals surface area contributed by atoms with Crippen LogP contribution in [0.1, 0.15) is 25.3 Å². The van der Waals surface area contributed by atoms with E-state index in [0.717, 1.165) is 23.6 Å². The van der Waals surface area contributed by atoms with Gasteiger partial charge in [0.2, 0.25) is 0 Å². The van der Waals surface area contributed by atoms with Crippen LogP contribution in [0.15, 0.2) is 24.3 Å². The van der Waals surface area contributed by atoms with Crippen molar-refractivity contribution in [3.63, 3.8) is 0 Å². The quantitative estimate of drug-likeness (QED) is 0.437. The first-order valence-corrected chi connectivity index (χ1v) is 7.76. The average Bonchev–Trinajstić information content (AvgIpc) is 2.36. The Morgan fingerprint density at radius 2 is 1.88 bits per heavy atom. The van der Waals surface area contributed by atoms with Crippen LogP contribution >= 0.6 is 0 Å². The van der Waals surface area contributed by atoms with Gasteiger partial charge in [0, 0.05) is 6.61 Å². The molecule has 0 aliphatic carbocycles. The number of benzene rings is 1. The van der Waals surface area contributed by atoms with Crippen molar-refractivity contribution in [2.45, 2.75) is 26.7 Å². The molecule has 0 unspecified atom stereocenters. The van der Waals surface area contributed by atoms with Crippen LogP contribution in [0, 0.1) is 30.9 Å². The van der Waals surface area contributed by atoms with Gasteiger partial charge in [-0.05, 0) is 24.1 Å². The number of rotatable bonds is 5. The first kappa shape index (κ1) is 13.6. The highest BCUT2D eigenvalue weighted by atomic mass is 28.4. The molecule has 0 saturated heterocycles. The van der Waals surface area contributed by atoms with Crippen molar-refractivity contribution < 1.29 is 4.43 Å². The maximum Gasteiger partial charge on any atom is 0.386 e. The fourth-order valence-corrected chi connectivity index (χ4v) is 3.83. The maximum absolute atomic E-state index is 5.90. The van der Waals surface area contributed by atoms with Crippen molar-refractivity contribution >= 4 is 13.5 Å². The van der Waals surface area contributed by atoms with E-state index in [1.54, 1.807) is 0 Å². The molecule has 17 heavy (non-hydrogen) atoms. The minimum atomic E-state index is -2.65. The van der Waals surface area contributed by atoms with Crippen LogP contribution in [-0.4, -0.2) is 14.9 Å². The number of terminal acetylenes is 2. The van der Waals surface area contributed by atoms with Gasteiger partial charge in [0.25, 0.3) is 0 Å². The van der Waals surface area contributed by atoms with E-state index < -0.39 is 8.32 Å². The normalized spacial score (nSPS) is 10.6. The molecule has 0 aromatic heterocycles. The van der Waals surface area contributed by atoms with Crippen LogP contribution in [0.4, 0.5) is 0 Å². The molecule has 1 rings (SSSR count). The molecule has 88 valence electrons. The van der Waals surface area contributed by atoms with Crippen LogP contribution in [-0.2, 0) is 4.43 Å². The van der Waals surface area contributed by atoms with E-state index in [9.17, 15) is 0 Å². The van der Waals surface area contributed by atoms with Crippen LogP contribution in [0.3, 0.4) is 0 Å². The number of hydrogen-bond acceptors (Lipinski definition) is 1. The van der Waals surface area contributed by atoms with E-state index in [-0.39, 0.29) is 0 Å². The Bertz CT molecular complexity index is 437. The molecule has 0 aliphatic rings. The third kappa shape index (κ3) is 3.00. The Kier molecular flexibility index (Phi) is 5.03. The highest BCUT2D eigenvalue weighted by Crippen LogP contribution is 2.08. The van der Waals surface area contributed by atoms with Crippen LogP contribution < -0.4 is 5.19 Å². The monoisotopic (exact) mass is 242 g/mol. The molecule has 0 radical (unpaired) electrons. The third-order valence-electron chi connectivity index (χ3n) is 2.75. The summed E-state index contributed by atoms with van der Waals surface area (Å²) in [7, 11) is -2.65. The molecular weight excluding hydrogens is 224 g/mol. The summed E-state index contributed by atoms with van der Waals surface area (Å²) in [5.74, 6) is 0. The first-order valence-electron chi connectivity index (χ1n) is 5.85. The van der Waals surface area contributed by atoms with Gasteiger partial charge in [0.05, 0.1) is 0 Å². The van der Waals surface area contributed by atoms with Gasteiger partial charge in [0.15, 0.2) is 0 Å². The lowest BCUT2D eigenvalue weighted by atomic mass is 10.2. The minimum Gasteiger partial charge on any atom is -0.393 e. The molecular formula is C15H18OSi. The van der Waals surface area contributed by atoms with Gasteiger partial charge >= 0.3 is 8.32 Å². The molecule has 0 saturated carbocycles. The van der Waals surface area contributed by atoms with E-state index in [2.05, 4.69) is 18.0 Å². The molecule has 1 aromatic rings. The van der Waals surface area contributed by atoms with Crippen LogP contribution in [0.5, 0.6) is 0 Å². The molecule has 0 amide bonds. The Morgan fingerprint density at radius 1 is 1.24 bits per heavy atom. The Labute approximate surface area is 105 Å². The van der Waals surface area contributed by atoms with Crippen molar-refractivity contribution in [1.29, 1.82) is 0 Å². The maximum atomic E-state index is 5.90. The predicted octanol–water partition coefficient (Wildman–Crippen LogP) is 2.31.